The van der Waals surface area contributed by atoms with Crippen molar-refractivity contribution in [3.8, 4) is 0 Å². The Balaban J connectivity index is 2.48. The van der Waals surface area contributed by atoms with Gasteiger partial charge in [0, 0.05) is 6.04 Å². The molecule has 15 heavy (non-hydrogen) atoms. The van der Waals surface area contributed by atoms with E-state index in [1.165, 1.54) is 0 Å². The molecule has 1 amide bonds. The van der Waals surface area contributed by atoms with Gasteiger partial charge >= 0.3 is 6.09 Å². The van der Waals surface area contributed by atoms with Crippen LogP contribution in [0.25, 0.3) is 0 Å². The number of amides is 1. The molecule has 0 aromatic carbocycles. The molecule has 0 spiro atoms. The first-order valence-corrected chi connectivity index (χ1v) is 5.24. The van der Waals surface area contributed by atoms with Crippen LogP contribution < -0.4 is 10.6 Å². The van der Waals surface area contributed by atoms with Gasteiger partial charge in [-0.3, -0.25) is 4.79 Å². The normalized spacial score (nSPS) is 28.1. The minimum Gasteiger partial charge on any atom is -0.465 e. The summed E-state index contributed by atoms with van der Waals surface area (Å²) >= 11 is 0. The summed E-state index contributed by atoms with van der Waals surface area (Å²) in [4.78, 5) is 21.7. The first-order chi connectivity index (χ1) is 7.00. The van der Waals surface area contributed by atoms with Gasteiger partial charge in [0.05, 0.1) is 6.04 Å². The van der Waals surface area contributed by atoms with Crippen molar-refractivity contribution in [3.63, 3.8) is 0 Å². The number of hydrogen-bond acceptors (Lipinski definition) is 3. The molecule has 1 heterocycles. The lowest BCUT2D eigenvalue weighted by atomic mass is 9.86. The van der Waals surface area contributed by atoms with E-state index in [0.29, 0.717) is 0 Å². The Bertz CT molecular complexity index is 255. The Morgan fingerprint density at radius 2 is 2.20 bits per heavy atom. The third-order valence-corrected chi connectivity index (χ3v) is 2.99. The molecule has 1 rings (SSSR count). The van der Waals surface area contributed by atoms with E-state index in [0.717, 1.165) is 19.4 Å². The molecule has 1 aliphatic heterocycles. The topological polar surface area (TPSA) is 78.4 Å². The van der Waals surface area contributed by atoms with E-state index in [1.807, 2.05) is 6.92 Å². The summed E-state index contributed by atoms with van der Waals surface area (Å²) in [7, 11) is 0. The standard InChI is InChI=1S/C10H18N2O3/c1-6(12-10(14)15)8-3-4-11-9(5-8)7(2)13/h6,8-9,11-12H,3-5H2,1-2H3,(H,14,15). The first kappa shape index (κ1) is 12.0. The van der Waals surface area contributed by atoms with Crippen molar-refractivity contribution in [1.29, 1.82) is 0 Å². The molecule has 1 fully saturated rings. The van der Waals surface area contributed by atoms with Gasteiger partial charge in [-0.25, -0.2) is 4.79 Å². The molecular formula is C10H18N2O3. The Morgan fingerprint density at radius 3 is 2.73 bits per heavy atom. The number of nitrogens with one attached hydrogen (secondary N) is 2. The fourth-order valence-corrected chi connectivity index (χ4v) is 2.02. The zero-order chi connectivity index (χ0) is 11.4. The highest BCUT2D eigenvalue weighted by molar-refractivity contribution is 5.81. The zero-order valence-electron chi connectivity index (χ0n) is 9.12. The summed E-state index contributed by atoms with van der Waals surface area (Å²) in [6, 6.07) is -0.201. The van der Waals surface area contributed by atoms with Crippen molar-refractivity contribution >= 4 is 11.9 Å². The van der Waals surface area contributed by atoms with Crippen LogP contribution in [0.5, 0.6) is 0 Å². The van der Waals surface area contributed by atoms with Crippen LogP contribution in [-0.2, 0) is 4.79 Å². The molecule has 0 bridgehead atoms. The lowest BCUT2D eigenvalue weighted by molar-refractivity contribution is -0.119. The molecule has 3 unspecified atom stereocenters. The van der Waals surface area contributed by atoms with Crippen LogP contribution in [0.2, 0.25) is 0 Å². The van der Waals surface area contributed by atoms with Gasteiger partial charge in [-0.15, -0.1) is 0 Å². The Labute approximate surface area is 89.2 Å². The van der Waals surface area contributed by atoms with Gasteiger partial charge in [0.1, 0.15) is 5.78 Å². The number of carbonyl (C=O) groups excluding carboxylic acids is 1. The number of rotatable bonds is 3. The molecule has 5 nitrogen and oxygen atoms in total. The van der Waals surface area contributed by atoms with Gasteiger partial charge in [-0.1, -0.05) is 0 Å². The lowest BCUT2D eigenvalue weighted by Gasteiger charge is -2.32. The van der Waals surface area contributed by atoms with Crippen LogP contribution in [0.3, 0.4) is 0 Å². The maximum atomic E-state index is 11.2. The largest absolute Gasteiger partial charge is 0.465 e. The number of hydrogen-bond donors (Lipinski definition) is 3. The summed E-state index contributed by atoms with van der Waals surface area (Å²) < 4.78 is 0. The number of carbonyl (C=O) groups is 2. The SMILES string of the molecule is CC(=O)C1CC(C(C)NC(=O)O)CCN1. The fraction of sp³-hybridized carbons (Fsp3) is 0.800. The summed E-state index contributed by atoms with van der Waals surface area (Å²) in [5.41, 5.74) is 0. The maximum absolute atomic E-state index is 11.2. The highest BCUT2D eigenvalue weighted by Crippen LogP contribution is 2.20. The molecule has 0 aromatic heterocycles. The van der Waals surface area contributed by atoms with Crippen LogP contribution >= 0.6 is 0 Å². The predicted octanol–water partition coefficient (Wildman–Crippen LogP) is 0.600. The van der Waals surface area contributed by atoms with E-state index in [-0.39, 0.29) is 23.8 Å². The molecule has 0 radical (unpaired) electrons. The predicted molar refractivity (Wildman–Crippen MR) is 55.8 cm³/mol. The summed E-state index contributed by atoms with van der Waals surface area (Å²) in [5.74, 6) is 0.374. The van der Waals surface area contributed by atoms with E-state index in [9.17, 15) is 9.59 Å². The molecule has 0 aromatic rings. The van der Waals surface area contributed by atoms with Crippen LogP contribution in [0.15, 0.2) is 0 Å². The second-order valence-corrected chi connectivity index (χ2v) is 4.14. The number of Topliss-reactive ketones (excluding diaryl/α,β-unsaturated/α-hetero) is 1. The fourth-order valence-electron chi connectivity index (χ4n) is 2.02. The van der Waals surface area contributed by atoms with Gasteiger partial charge in [-0.2, -0.15) is 0 Å². The zero-order valence-corrected chi connectivity index (χ0v) is 9.12. The van der Waals surface area contributed by atoms with Gasteiger partial charge in [0.25, 0.3) is 0 Å². The van der Waals surface area contributed by atoms with Crippen LogP contribution in [-0.4, -0.2) is 35.6 Å². The molecule has 1 saturated heterocycles. The minimum atomic E-state index is -1.000. The molecular weight excluding hydrogens is 196 g/mol. The molecule has 5 heteroatoms. The quantitative estimate of drug-likeness (QED) is 0.643. The van der Waals surface area contributed by atoms with E-state index < -0.39 is 6.09 Å². The van der Waals surface area contributed by atoms with Crippen LogP contribution in [0.4, 0.5) is 4.79 Å². The monoisotopic (exact) mass is 214 g/mol. The molecule has 1 aliphatic rings. The first-order valence-electron chi connectivity index (χ1n) is 5.24. The van der Waals surface area contributed by atoms with E-state index >= 15 is 0 Å². The van der Waals surface area contributed by atoms with Crippen molar-refractivity contribution in [2.45, 2.75) is 38.8 Å². The average molecular weight is 214 g/mol. The van der Waals surface area contributed by atoms with Crippen molar-refractivity contribution < 1.29 is 14.7 Å². The molecule has 3 N–H and O–H groups in total. The molecule has 3 atom stereocenters. The Morgan fingerprint density at radius 1 is 1.53 bits per heavy atom. The molecule has 0 aliphatic carbocycles. The van der Waals surface area contributed by atoms with E-state index in [4.69, 9.17) is 5.11 Å². The molecule has 0 saturated carbocycles. The van der Waals surface area contributed by atoms with Crippen molar-refractivity contribution in [3.05, 3.63) is 0 Å². The van der Waals surface area contributed by atoms with Crippen molar-refractivity contribution in [2.24, 2.45) is 5.92 Å². The van der Waals surface area contributed by atoms with E-state index in [1.54, 1.807) is 6.92 Å². The average Bonchev–Trinajstić information content (AvgIpc) is 2.17. The highest BCUT2D eigenvalue weighted by atomic mass is 16.4. The second kappa shape index (κ2) is 5.11. The van der Waals surface area contributed by atoms with Crippen molar-refractivity contribution in [1.82, 2.24) is 10.6 Å². The number of carboxylic acid groups (broad SMARTS) is 1. The summed E-state index contributed by atoms with van der Waals surface area (Å²) in [6.45, 7) is 4.19. The number of ketones is 1. The number of piperidine rings is 1. The summed E-state index contributed by atoms with van der Waals surface area (Å²) in [6.07, 6.45) is 0.627. The lowest BCUT2D eigenvalue weighted by Crippen LogP contribution is -2.48. The van der Waals surface area contributed by atoms with Gasteiger partial charge in [0.2, 0.25) is 0 Å². The van der Waals surface area contributed by atoms with Gasteiger partial charge < -0.3 is 15.7 Å². The van der Waals surface area contributed by atoms with Crippen LogP contribution in [0, 0.1) is 5.92 Å². The van der Waals surface area contributed by atoms with Gasteiger partial charge in [-0.05, 0) is 39.2 Å². The maximum Gasteiger partial charge on any atom is 0.404 e. The minimum absolute atomic E-state index is 0.0913. The van der Waals surface area contributed by atoms with E-state index in [2.05, 4.69) is 10.6 Å². The highest BCUT2D eigenvalue weighted by Gasteiger charge is 2.28. The second-order valence-electron chi connectivity index (χ2n) is 4.14. The Hall–Kier alpha value is -1.10. The molecule has 86 valence electrons. The van der Waals surface area contributed by atoms with Gasteiger partial charge in [0.15, 0.2) is 0 Å². The smallest absolute Gasteiger partial charge is 0.404 e. The van der Waals surface area contributed by atoms with Crippen molar-refractivity contribution in [2.75, 3.05) is 6.54 Å². The van der Waals surface area contributed by atoms with Crippen LogP contribution in [0.1, 0.15) is 26.7 Å². The summed E-state index contributed by atoms with van der Waals surface area (Å²) in [5, 5.41) is 14.2. The third-order valence-electron chi connectivity index (χ3n) is 2.99. The third kappa shape index (κ3) is 3.51. The Kier molecular flexibility index (Phi) is 4.08.